The van der Waals surface area contributed by atoms with E-state index < -0.39 is 12.3 Å². The lowest BCUT2D eigenvalue weighted by Gasteiger charge is -2.19. The minimum atomic E-state index is -1.06. The molecule has 0 saturated carbocycles. The fraction of sp³-hybridized carbons (Fsp3) is 0.455. The maximum absolute atomic E-state index is 9.98. The predicted octanol–water partition coefficient (Wildman–Crippen LogP) is 0.320. The Kier molecular flexibility index (Phi) is 3.68. The van der Waals surface area contributed by atoms with Crippen LogP contribution in [0.15, 0.2) is 24.8 Å². The van der Waals surface area contributed by atoms with Crippen LogP contribution in [0.5, 0.6) is 0 Å². The van der Waals surface area contributed by atoms with Crippen LogP contribution in [0.2, 0.25) is 0 Å². The first-order valence-corrected chi connectivity index (χ1v) is 5.44. The van der Waals surface area contributed by atoms with Gasteiger partial charge in [-0.3, -0.25) is 0 Å². The molecule has 0 fully saturated rings. The molecule has 0 radical (unpaired) electrons. The Labute approximate surface area is 98.5 Å². The summed E-state index contributed by atoms with van der Waals surface area (Å²) in [4.78, 5) is 7.94. The molecule has 2 aromatic rings. The van der Waals surface area contributed by atoms with Gasteiger partial charge in [0.1, 0.15) is 12.4 Å². The zero-order valence-corrected chi connectivity index (χ0v) is 9.52. The molecule has 0 aliphatic rings. The Morgan fingerprint density at radius 1 is 1.47 bits per heavy atom. The third-order valence-corrected chi connectivity index (χ3v) is 2.52. The lowest BCUT2D eigenvalue weighted by Crippen LogP contribution is -2.28. The SMILES string of the molecule is CCOCC(O)C(O)n1ccc2ncncc21. The number of ether oxygens (including phenoxy) is 1. The summed E-state index contributed by atoms with van der Waals surface area (Å²) in [5.41, 5.74) is 1.40. The molecule has 6 heteroatoms. The number of aliphatic hydroxyl groups excluding tert-OH is 2. The Bertz CT molecular complexity index is 486. The maximum Gasteiger partial charge on any atom is 0.159 e. The molecule has 2 aromatic heterocycles. The Balaban J connectivity index is 2.21. The van der Waals surface area contributed by atoms with E-state index in [1.54, 1.807) is 18.5 Å². The van der Waals surface area contributed by atoms with Gasteiger partial charge in [0.15, 0.2) is 6.23 Å². The number of aromatic nitrogens is 3. The van der Waals surface area contributed by atoms with Crippen molar-refractivity contribution in [3.05, 3.63) is 24.8 Å². The van der Waals surface area contributed by atoms with E-state index in [2.05, 4.69) is 9.97 Å². The van der Waals surface area contributed by atoms with E-state index in [1.165, 1.54) is 10.9 Å². The molecular formula is C11H15N3O3. The first-order valence-electron chi connectivity index (χ1n) is 5.44. The van der Waals surface area contributed by atoms with Gasteiger partial charge in [0.25, 0.3) is 0 Å². The number of nitrogens with zero attached hydrogens (tertiary/aromatic N) is 3. The molecule has 92 valence electrons. The highest BCUT2D eigenvalue weighted by molar-refractivity contribution is 5.74. The smallest absolute Gasteiger partial charge is 0.159 e. The van der Waals surface area contributed by atoms with Gasteiger partial charge >= 0.3 is 0 Å². The van der Waals surface area contributed by atoms with E-state index in [4.69, 9.17) is 4.74 Å². The van der Waals surface area contributed by atoms with Crippen LogP contribution < -0.4 is 0 Å². The number of hydrogen-bond acceptors (Lipinski definition) is 5. The molecule has 6 nitrogen and oxygen atoms in total. The van der Waals surface area contributed by atoms with Crippen molar-refractivity contribution in [1.82, 2.24) is 14.5 Å². The van der Waals surface area contributed by atoms with Crippen LogP contribution in [-0.4, -0.2) is 44.1 Å². The minimum absolute atomic E-state index is 0.0883. The molecule has 17 heavy (non-hydrogen) atoms. The summed E-state index contributed by atoms with van der Waals surface area (Å²) >= 11 is 0. The van der Waals surface area contributed by atoms with Crippen LogP contribution in [0.3, 0.4) is 0 Å². The first-order chi connectivity index (χ1) is 8.24. The molecule has 0 spiro atoms. The van der Waals surface area contributed by atoms with Crippen molar-refractivity contribution in [3.63, 3.8) is 0 Å². The maximum atomic E-state index is 9.98. The minimum Gasteiger partial charge on any atom is -0.386 e. The Hall–Kier alpha value is -1.50. The van der Waals surface area contributed by atoms with Gasteiger partial charge in [-0.15, -0.1) is 0 Å². The van der Waals surface area contributed by atoms with E-state index in [0.29, 0.717) is 12.1 Å². The Morgan fingerprint density at radius 3 is 3.06 bits per heavy atom. The van der Waals surface area contributed by atoms with Crippen LogP contribution in [-0.2, 0) is 4.74 Å². The monoisotopic (exact) mass is 237 g/mol. The molecule has 2 rings (SSSR count). The summed E-state index contributed by atoms with van der Waals surface area (Å²) in [6, 6.07) is 1.76. The van der Waals surface area contributed by atoms with Crippen LogP contribution in [0.25, 0.3) is 11.0 Å². The average molecular weight is 237 g/mol. The molecule has 0 bridgehead atoms. The van der Waals surface area contributed by atoms with E-state index in [1.807, 2.05) is 6.92 Å². The normalized spacial score (nSPS) is 15.0. The number of rotatable bonds is 5. The van der Waals surface area contributed by atoms with Crippen LogP contribution in [0, 0.1) is 0 Å². The molecule has 0 saturated heterocycles. The molecule has 0 aliphatic carbocycles. The molecule has 2 atom stereocenters. The van der Waals surface area contributed by atoms with E-state index in [9.17, 15) is 10.2 Å². The highest BCUT2D eigenvalue weighted by atomic mass is 16.5. The number of fused-ring (bicyclic) bond motifs is 1. The van der Waals surface area contributed by atoms with Crippen molar-refractivity contribution in [1.29, 1.82) is 0 Å². The van der Waals surface area contributed by atoms with Gasteiger partial charge in [-0.1, -0.05) is 0 Å². The summed E-state index contributed by atoms with van der Waals surface area (Å²) in [5.74, 6) is 0. The zero-order chi connectivity index (χ0) is 12.3. The van der Waals surface area contributed by atoms with E-state index >= 15 is 0 Å². The Morgan fingerprint density at radius 2 is 2.29 bits per heavy atom. The molecule has 0 aliphatic heterocycles. The standard InChI is InChI=1S/C11H15N3O3/c1-2-17-6-10(15)11(16)14-4-3-8-9(14)5-12-7-13-8/h3-5,7,10-11,15-16H,2,6H2,1H3. The van der Waals surface area contributed by atoms with Crippen LogP contribution in [0.1, 0.15) is 13.2 Å². The van der Waals surface area contributed by atoms with Gasteiger partial charge in [-0.05, 0) is 13.0 Å². The second kappa shape index (κ2) is 5.22. The summed E-state index contributed by atoms with van der Waals surface area (Å²) in [5, 5.41) is 19.7. The van der Waals surface area contributed by atoms with Crippen molar-refractivity contribution >= 4 is 11.0 Å². The summed E-state index contributed by atoms with van der Waals surface area (Å²) in [7, 11) is 0. The van der Waals surface area contributed by atoms with Crippen LogP contribution in [0.4, 0.5) is 0 Å². The second-order valence-corrected chi connectivity index (χ2v) is 3.66. The fourth-order valence-electron chi connectivity index (χ4n) is 1.63. The molecule has 2 unspecified atom stereocenters. The summed E-state index contributed by atoms with van der Waals surface area (Å²) < 4.78 is 6.60. The number of hydrogen-bond donors (Lipinski definition) is 2. The van der Waals surface area contributed by atoms with Gasteiger partial charge in [-0.25, -0.2) is 9.97 Å². The second-order valence-electron chi connectivity index (χ2n) is 3.66. The lowest BCUT2D eigenvalue weighted by molar-refractivity contribution is -0.0670. The fourth-order valence-corrected chi connectivity index (χ4v) is 1.63. The van der Waals surface area contributed by atoms with Crippen molar-refractivity contribution in [2.45, 2.75) is 19.3 Å². The predicted molar refractivity (Wildman–Crippen MR) is 61.3 cm³/mol. The van der Waals surface area contributed by atoms with Crippen molar-refractivity contribution in [3.8, 4) is 0 Å². The van der Waals surface area contributed by atoms with Crippen molar-refractivity contribution < 1.29 is 14.9 Å². The van der Waals surface area contributed by atoms with E-state index in [-0.39, 0.29) is 6.61 Å². The van der Waals surface area contributed by atoms with Gasteiger partial charge in [0.2, 0.25) is 0 Å². The summed E-state index contributed by atoms with van der Waals surface area (Å²) in [6.45, 7) is 2.42. The van der Waals surface area contributed by atoms with Gasteiger partial charge < -0.3 is 19.5 Å². The van der Waals surface area contributed by atoms with Gasteiger partial charge in [0.05, 0.1) is 23.8 Å². The highest BCUT2D eigenvalue weighted by Gasteiger charge is 2.19. The molecule has 2 heterocycles. The molecule has 2 N–H and O–H groups in total. The topological polar surface area (TPSA) is 80.4 Å². The lowest BCUT2D eigenvalue weighted by atomic mass is 10.3. The summed E-state index contributed by atoms with van der Waals surface area (Å²) in [6.07, 6.45) is 2.66. The highest BCUT2D eigenvalue weighted by Crippen LogP contribution is 2.18. The van der Waals surface area contributed by atoms with Crippen molar-refractivity contribution in [2.24, 2.45) is 0 Å². The quantitative estimate of drug-likeness (QED) is 0.782. The molecule has 0 amide bonds. The van der Waals surface area contributed by atoms with Gasteiger partial charge in [0, 0.05) is 12.8 Å². The van der Waals surface area contributed by atoms with Crippen LogP contribution >= 0.6 is 0 Å². The average Bonchev–Trinajstić information content (AvgIpc) is 2.78. The zero-order valence-electron chi connectivity index (χ0n) is 9.52. The third-order valence-electron chi connectivity index (χ3n) is 2.52. The molecular weight excluding hydrogens is 222 g/mol. The number of aliphatic hydroxyl groups is 2. The van der Waals surface area contributed by atoms with Gasteiger partial charge in [-0.2, -0.15) is 0 Å². The third kappa shape index (κ3) is 2.44. The van der Waals surface area contributed by atoms with E-state index in [0.717, 1.165) is 5.52 Å². The van der Waals surface area contributed by atoms with Crippen molar-refractivity contribution in [2.75, 3.05) is 13.2 Å². The first kappa shape index (κ1) is 12.0. The molecule has 0 aromatic carbocycles. The largest absolute Gasteiger partial charge is 0.386 e.